The van der Waals surface area contributed by atoms with E-state index in [0.717, 1.165) is 22.6 Å². The van der Waals surface area contributed by atoms with Gasteiger partial charge in [-0.15, -0.1) is 0 Å². The number of nitrogens with two attached hydrogens (primary N) is 1. The molecule has 100 valence electrons. The SMILES string of the molecule is CC1CCCC(NCc2ccc(N)c(Br)c2)CC1. The number of rotatable bonds is 3. The van der Waals surface area contributed by atoms with Crippen LogP contribution in [0.3, 0.4) is 0 Å². The summed E-state index contributed by atoms with van der Waals surface area (Å²) in [5, 5.41) is 3.68. The minimum atomic E-state index is 0.686. The zero-order valence-corrected chi connectivity index (χ0v) is 12.7. The lowest BCUT2D eigenvalue weighted by Crippen LogP contribution is -2.27. The summed E-state index contributed by atoms with van der Waals surface area (Å²) in [6, 6.07) is 6.87. The summed E-state index contributed by atoms with van der Waals surface area (Å²) in [4.78, 5) is 0. The topological polar surface area (TPSA) is 38.0 Å². The molecule has 0 radical (unpaired) electrons. The van der Waals surface area contributed by atoms with Crippen LogP contribution < -0.4 is 11.1 Å². The molecule has 0 saturated heterocycles. The summed E-state index contributed by atoms with van der Waals surface area (Å²) < 4.78 is 0.997. The molecule has 1 saturated carbocycles. The maximum atomic E-state index is 5.80. The van der Waals surface area contributed by atoms with E-state index in [0.29, 0.717) is 6.04 Å². The van der Waals surface area contributed by atoms with Crippen molar-refractivity contribution in [3.63, 3.8) is 0 Å². The summed E-state index contributed by atoms with van der Waals surface area (Å²) in [5.41, 5.74) is 7.90. The number of hydrogen-bond donors (Lipinski definition) is 2. The Hall–Kier alpha value is -0.540. The lowest BCUT2D eigenvalue weighted by atomic mass is 10.0. The zero-order valence-electron chi connectivity index (χ0n) is 11.1. The first-order chi connectivity index (χ1) is 8.65. The molecule has 2 atom stereocenters. The van der Waals surface area contributed by atoms with Crippen molar-refractivity contribution in [1.29, 1.82) is 0 Å². The van der Waals surface area contributed by atoms with Crippen molar-refractivity contribution in [2.75, 3.05) is 5.73 Å². The van der Waals surface area contributed by atoms with Crippen LogP contribution in [0.25, 0.3) is 0 Å². The smallest absolute Gasteiger partial charge is 0.0458 e. The van der Waals surface area contributed by atoms with E-state index in [-0.39, 0.29) is 0 Å². The molecule has 2 nitrogen and oxygen atoms in total. The maximum Gasteiger partial charge on any atom is 0.0458 e. The Morgan fingerprint density at radius 1 is 1.28 bits per heavy atom. The maximum absolute atomic E-state index is 5.80. The Morgan fingerprint density at radius 3 is 2.89 bits per heavy atom. The fraction of sp³-hybridized carbons (Fsp3) is 0.600. The van der Waals surface area contributed by atoms with Gasteiger partial charge < -0.3 is 11.1 Å². The van der Waals surface area contributed by atoms with Gasteiger partial charge in [0.15, 0.2) is 0 Å². The summed E-state index contributed by atoms with van der Waals surface area (Å²) in [6.07, 6.45) is 6.76. The van der Waals surface area contributed by atoms with E-state index in [1.165, 1.54) is 37.7 Å². The predicted octanol–water partition coefficient (Wildman–Crippen LogP) is 4.09. The predicted molar refractivity (Wildman–Crippen MR) is 81.4 cm³/mol. The molecule has 2 unspecified atom stereocenters. The van der Waals surface area contributed by atoms with E-state index in [4.69, 9.17) is 5.73 Å². The van der Waals surface area contributed by atoms with E-state index in [9.17, 15) is 0 Å². The molecule has 0 aromatic heterocycles. The third kappa shape index (κ3) is 3.99. The molecule has 1 aromatic carbocycles. The molecule has 3 heteroatoms. The van der Waals surface area contributed by atoms with Crippen molar-refractivity contribution in [2.45, 2.75) is 51.6 Å². The van der Waals surface area contributed by atoms with Gasteiger partial charge in [0.05, 0.1) is 0 Å². The molecule has 0 amide bonds. The lowest BCUT2D eigenvalue weighted by Gasteiger charge is -2.16. The highest BCUT2D eigenvalue weighted by atomic mass is 79.9. The first kappa shape index (κ1) is 13.9. The van der Waals surface area contributed by atoms with Gasteiger partial charge in [0.25, 0.3) is 0 Å². The number of nitrogens with one attached hydrogen (secondary N) is 1. The second kappa shape index (κ2) is 6.58. The quantitative estimate of drug-likeness (QED) is 0.652. The molecule has 3 N–H and O–H groups in total. The van der Waals surface area contributed by atoms with Crippen LogP contribution in [0.4, 0.5) is 5.69 Å². The molecule has 0 bridgehead atoms. The van der Waals surface area contributed by atoms with E-state index < -0.39 is 0 Å². The van der Waals surface area contributed by atoms with Crippen LogP contribution in [-0.2, 0) is 6.54 Å². The molecule has 0 heterocycles. The van der Waals surface area contributed by atoms with Crippen molar-refractivity contribution in [3.05, 3.63) is 28.2 Å². The highest BCUT2D eigenvalue weighted by Crippen LogP contribution is 2.24. The molecule has 1 aromatic rings. The van der Waals surface area contributed by atoms with E-state index in [1.54, 1.807) is 0 Å². The molecule has 1 aliphatic rings. The van der Waals surface area contributed by atoms with Crippen LogP contribution >= 0.6 is 15.9 Å². The van der Waals surface area contributed by atoms with Crippen LogP contribution in [0.1, 0.15) is 44.6 Å². The number of halogens is 1. The van der Waals surface area contributed by atoms with Crippen molar-refractivity contribution >= 4 is 21.6 Å². The minimum absolute atomic E-state index is 0.686. The van der Waals surface area contributed by atoms with Gasteiger partial charge in [0, 0.05) is 22.7 Å². The highest BCUT2D eigenvalue weighted by Gasteiger charge is 2.15. The van der Waals surface area contributed by atoms with Crippen LogP contribution in [0.5, 0.6) is 0 Å². The summed E-state index contributed by atoms with van der Waals surface area (Å²) >= 11 is 3.48. The Bertz CT molecular complexity index is 392. The van der Waals surface area contributed by atoms with Crippen molar-refractivity contribution in [1.82, 2.24) is 5.32 Å². The third-order valence-corrected chi connectivity index (χ3v) is 4.60. The number of nitrogen functional groups attached to an aromatic ring is 1. The number of hydrogen-bond acceptors (Lipinski definition) is 2. The van der Waals surface area contributed by atoms with Gasteiger partial charge in [-0.25, -0.2) is 0 Å². The second-order valence-electron chi connectivity index (χ2n) is 5.55. The Labute approximate surface area is 118 Å². The molecule has 2 rings (SSSR count). The van der Waals surface area contributed by atoms with Gasteiger partial charge in [-0.05, 0) is 58.8 Å². The van der Waals surface area contributed by atoms with Crippen LogP contribution in [0, 0.1) is 5.92 Å². The summed E-state index contributed by atoms with van der Waals surface area (Å²) in [5.74, 6) is 0.905. The first-order valence-corrected chi connectivity index (χ1v) is 7.71. The van der Waals surface area contributed by atoms with Crippen molar-refractivity contribution in [2.24, 2.45) is 5.92 Å². The largest absolute Gasteiger partial charge is 0.398 e. The van der Waals surface area contributed by atoms with Crippen molar-refractivity contribution < 1.29 is 0 Å². The molecular weight excluding hydrogens is 288 g/mol. The number of anilines is 1. The molecular formula is C15H23BrN2. The Morgan fingerprint density at radius 2 is 2.11 bits per heavy atom. The molecule has 0 spiro atoms. The molecule has 1 aliphatic carbocycles. The van der Waals surface area contributed by atoms with Gasteiger partial charge in [-0.3, -0.25) is 0 Å². The summed E-state index contributed by atoms with van der Waals surface area (Å²) in [6.45, 7) is 3.32. The Kier molecular flexibility index (Phi) is 5.07. The standard InChI is InChI=1S/C15H23BrN2/c1-11-3-2-4-13(7-5-11)18-10-12-6-8-15(17)14(16)9-12/h6,8-9,11,13,18H,2-5,7,10,17H2,1H3. The fourth-order valence-electron chi connectivity index (χ4n) is 2.63. The zero-order chi connectivity index (χ0) is 13.0. The molecule has 18 heavy (non-hydrogen) atoms. The van der Waals surface area contributed by atoms with Gasteiger partial charge in [0.2, 0.25) is 0 Å². The van der Waals surface area contributed by atoms with Gasteiger partial charge in [0.1, 0.15) is 0 Å². The fourth-order valence-corrected chi connectivity index (χ4v) is 3.06. The van der Waals surface area contributed by atoms with Gasteiger partial charge >= 0.3 is 0 Å². The van der Waals surface area contributed by atoms with Crippen LogP contribution in [0.2, 0.25) is 0 Å². The average molecular weight is 311 g/mol. The van der Waals surface area contributed by atoms with Crippen LogP contribution in [0.15, 0.2) is 22.7 Å². The summed E-state index contributed by atoms with van der Waals surface area (Å²) in [7, 11) is 0. The van der Waals surface area contributed by atoms with E-state index >= 15 is 0 Å². The monoisotopic (exact) mass is 310 g/mol. The van der Waals surface area contributed by atoms with Gasteiger partial charge in [-0.2, -0.15) is 0 Å². The lowest BCUT2D eigenvalue weighted by molar-refractivity contribution is 0.447. The molecule has 0 aliphatic heterocycles. The highest BCUT2D eigenvalue weighted by molar-refractivity contribution is 9.10. The van der Waals surface area contributed by atoms with Crippen LogP contribution in [-0.4, -0.2) is 6.04 Å². The molecule has 1 fully saturated rings. The van der Waals surface area contributed by atoms with E-state index in [2.05, 4.69) is 40.3 Å². The number of benzene rings is 1. The Balaban J connectivity index is 1.85. The first-order valence-electron chi connectivity index (χ1n) is 6.92. The van der Waals surface area contributed by atoms with Gasteiger partial charge in [-0.1, -0.05) is 25.8 Å². The van der Waals surface area contributed by atoms with Crippen molar-refractivity contribution in [3.8, 4) is 0 Å². The third-order valence-electron chi connectivity index (χ3n) is 3.92. The normalized spacial score (nSPS) is 24.8. The second-order valence-corrected chi connectivity index (χ2v) is 6.40. The minimum Gasteiger partial charge on any atom is -0.398 e. The van der Waals surface area contributed by atoms with E-state index in [1.807, 2.05) is 6.07 Å². The average Bonchev–Trinajstić information content (AvgIpc) is 2.56.